The van der Waals surface area contributed by atoms with Crippen molar-refractivity contribution >= 4 is 40.5 Å². The van der Waals surface area contributed by atoms with E-state index < -0.39 is 0 Å². The number of aryl methyl sites for hydroxylation is 2. The van der Waals surface area contributed by atoms with E-state index in [0.29, 0.717) is 10.7 Å². The first-order valence-electron chi connectivity index (χ1n) is 8.83. The van der Waals surface area contributed by atoms with Crippen molar-refractivity contribution in [3.8, 4) is 0 Å². The third-order valence-electron chi connectivity index (χ3n) is 4.26. The topological polar surface area (TPSA) is 40.9 Å². The largest absolute Gasteiger partial charge is 0.368 e. The van der Waals surface area contributed by atoms with Gasteiger partial charge >= 0.3 is 0 Å². The molecule has 1 aliphatic heterocycles. The van der Waals surface area contributed by atoms with Crippen LogP contribution in [0.4, 0.5) is 21.6 Å². The highest BCUT2D eigenvalue weighted by atomic mass is 32.2. The first kappa shape index (κ1) is 19.0. The smallest absolute Gasteiger partial charge is 0.211 e. The van der Waals surface area contributed by atoms with Gasteiger partial charge in [-0.05, 0) is 66.7 Å². The number of rotatable bonds is 7. The van der Waals surface area contributed by atoms with Crippen LogP contribution in [0.3, 0.4) is 0 Å². The lowest BCUT2D eigenvalue weighted by molar-refractivity contribution is 0.634. The maximum atomic E-state index is 13.9. The highest BCUT2D eigenvalue weighted by Gasteiger charge is 2.18. The van der Waals surface area contributed by atoms with Crippen molar-refractivity contribution in [3.63, 3.8) is 0 Å². The fraction of sp³-hybridized carbons (Fsp3) is 0.421. The second-order valence-electron chi connectivity index (χ2n) is 6.26. The van der Waals surface area contributed by atoms with Gasteiger partial charge in [0.25, 0.3) is 0 Å². The van der Waals surface area contributed by atoms with Crippen LogP contribution in [0.2, 0.25) is 0 Å². The molecule has 2 heterocycles. The van der Waals surface area contributed by atoms with Gasteiger partial charge in [0, 0.05) is 18.8 Å². The Labute approximate surface area is 162 Å². The molecule has 0 aliphatic carbocycles. The molecule has 138 valence electrons. The summed E-state index contributed by atoms with van der Waals surface area (Å²) < 4.78 is 18.0. The minimum absolute atomic E-state index is 0.278. The zero-order valence-corrected chi connectivity index (χ0v) is 16.8. The highest BCUT2D eigenvalue weighted by Crippen LogP contribution is 2.37. The lowest BCUT2D eigenvalue weighted by Crippen LogP contribution is -2.29. The maximum Gasteiger partial charge on any atom is 0.211 e. The number of aromatic nitrogens is 1. The zero-order valence-electron chi connectivity index (χ0n) is 15.2. The number of nitrogens with zero attached hydrogens (tertiary/aromatic N) is 4. The molecule has 1 aromatic carbocycles. The second kappa shape index (κ2) is 8.77. The van der Waals surface area contributed by atoms with E-state index in [4.69, 9.17) is 0 Å². The summed E-state index contributed by atoms with van der Waals surface area (Å²) in [6.07, 6.45) is 5.07. The van der Waals surface area contributed by atoms with Crippen molar-refractivity contribution in [3.05, 3.63) is 41.0 Å². The van der Waals surface area contributed by atoms with Crippen LogP contribution in [-0.2, 0) is 6.42 Å². The first-order valence-corrected chi connectivity index (χ1v) is 10.6. The fourth-order valence-corrected chi connectivity index (χ4v) is 4.55. The summed E-state index contributed by atoms with van der Waals surface area (Å²) in [6, 6.07) is 4.27. The molecule has 0 fully saturated rings. The molecule has 0 saturated heterocycles. The summed E-state index contributed by atoms with van der Waals surface area (Å²) >= 11 is 2.29. The highest BCUT2D eigenvalue weighted by molar-refractivity contribution is 7.99. The standard InChI is InChI=1S/C19H23FN4S2/c1-4-8-24-9-6-7-14-12-15(13(3)11-16(14)24)21-22-19-17(25-10-5-2)18(20)26-23-19/h4,11-12H,1,5-10H2,2-3H3. The average Bonchev–Trinajstić information content (AvgIpc) is 2.99. The average molecular weight is 391 g/mol. The molecule has 1 aromatic heterocycles. The molecule has 2 aromatic rings. The summed E-state index contributed by atoms with van der Waals surface area (Å²) in [7, 11) is 0. The normalized spacial score (nSPS) is 14.0. The Morgan fingerprint density at radius 3 is 3.04 bits per heavy atom. The first-order chi connectivity index (χ1) is 12.6. The van der Waals surface area contributed by atoms with Crippen LogP contribution in [0.1, 0.15) is 30.9 Å². The van der Waals surface area contributed by atoms with Crippen LogP contribution in [0, 0.1) is 12.1 Å². The number of anilines is 1. The fourth-order valence-electron chi connectivity index (χ4n) is 3.00. The maximum absolute atomic E-state index is 13.9. The Balaban J connectivity index is 1.87. The van der Waals surface area contributed by atoms with E-state index in [2.05, 4.69) is 45.1 Å². The SMILES string of the molecule is C=CCN1CCCc2cc(N=Nc3nsc(F)c3SCCC)c(C)cc21. The van der Waals surface area contributed by atoms with Crippen LogP contribution in [0.15, 0.2) is 39.9 Å². The Hall–Kier alpha value is -1.73. The van der Waals surface area contributed by atoms with Gasteiger partial charge in [0.1, 0.15) is 4.90 Å². The second-order valence-corrected chi connectivity index (χ2v) is 8.09. The minimum Gasteiger partial charge on any atom is -0.368 e. The van der Waals surface area contributed by atoms with Gasteiger partial charge in [-0.2, -0.15) is 8.76 Å². The van der Waals surface area contributed by atoms with Crippen molar-refractivity contribution < 1.29 is 4.39 Å². The van der Waals surface area contributed by atoms with Crippen LogP contribution in [0.25, 0.3) is 0 Å². The Morgan fingerprint density at radius 2 is 2.27 bits per heavy atom. The Bertz CT molecular complexity index is 816. The zero-order chi connectivity index (χ0) is 18.5. The van der Waals surface area contributed by atoms with Crippen molar-refractivity contribution in [1.29, 1.82) is 0 Å². The van der Waals surface area contributed by atoms with E-state index in [9.17, 15) is 4.39 Å². The van der Waals surface area contributed by atoms with Crippen molar-refractivity contribution in [2.24, 2.45) is 10.2 Å². The summed E-state index contributed by atoms with van der Waals surface area (Å²) in [4.78, 5) is 2.85. The van der Waals surface area contributed by atoms with Gasteiger partial charge in [0.2, 0.25) is 10.9 Å². The lowest BCUT2D eigenvalue weighted by atomic mass is 9.98. The van der Waals surface area contributed by atoms with E-state index in [1.807, 2.05) is 13.0 Å². The summed E-state index contributed by atoms with van der Waals surface area (Å²) in [5, 5.41) is 8.36. The lowest BCUT2D eigenvalue weighted by Gasteiger charge is -2.31. The van der Waals surface area contributed by atoms with Crippen LogP contribution < -0.4 is 4.90 Å². The molecule has 1 aliphatic rings. The molecule has 7 heteroatoms. The monoisotopic (exact) mass is 390 g/mol. The Kier molecular flexibility index (Phi) is 6.43. The predicted molar refractivity (Wildman–Crippen MR) is 109 cm³/mol. The van der Waals surface area contributed by atoms with Crippen molar-refractivity contribution in [2.75, 3.05) is 23.7 Å². The van der Waals surface area contributed by atoms with E-state index in [-0.39, 0.29) is 5.13 Å². The summed E-state index contributed by atoms with van der Waals surface area (Å²) in [5.41, 5.74) is 4.42. The predicted octanol–water partition coefficient (Wildman–Crippen LogP) is 6.45. The number of thioether (sulfide) groups is 1. The van der Waals surface area contributed by atoms with Crippen molar-refractivity contribution in [2.45, 2.75) is 38.0 Å². The van der Waals surface area contributed by atoms with Gasteiger partial charge in [-0.15, -0.1) is 28.6 Å². The number of fused-ring (bicyclic) bond motifs is 1. The number of halogens is 1. The minimum atomic E-state index is -0.278. The molecule has 0 atom stereocenters. The third kappa shape index (κ3) is 4.15. The molecule has 0 spiro atoms. The summed E-state index contributed by atoms with van der Waals surface area (Å²) in [6.45, 7) is 9.85. The molecule has 0 saturated carbocycles. The van der Waals surface area contributed by atoms with Gasteiger partial charge in [-0.25, -0.2) is 0 Å². The number of benzene rings is 1. The molecule has 0 amide bonds. The molecule has 4 nitrogen and oxygen atoms in total. The molecular formula is C19H23FN4S2. The molecule has 0 unspecified atom stereocenters. The van der Waals surface area contributed by atoms with E-state index in [1.54, 1.807) is 0 Å². The van der Waals surface area contributed by atoms with E-state index in [0.717, 1.165) is 60.9 Å². The van der Waals surface area contributed by atoms with Crippen LogP contribution >= 0.6 is 23.3 Å². The Morgan fingerprint density at radius 1 is 1.42 bits per heavy atom. The van der Waals surface area contributed by atoms with Crippen LogP contribution in [-0.4, -0.2) is 23.2 Å². The van der Waals surface area contributed by atoms with Gasteiger partial charge in [-0.1, -0.05) is 13.0 Å². The van der Waals surface area contributed by atoms with Gasteiger partial charge in [0.05, 0.1) is 5.69 Å². The summed E-state index contributed by atoms with van der Waals surface area (Å²) in [5.74, 6) is 1.23. The molecule has 0 N–H and O–H groups in total. The van der Waals surface area contributed by atoms with Gasteiger partial charge in [-0.3, -0.25) is 0 Å². The molecule has 3 rings (SSSR count). The molecular weight excluding hydrogens is 367 g/mol. The third-order valence-corrected chi connectivity index (χ3v) is 6.28. The van der Waals surface area contributed by atoms with E-state index in [1.165, 1.54) is 23.0 Å². The molecule has 0 bridgehead atoms. The van der Waals surface area contributed by atoms with Gasteiger partial charge in [0.15, 0.2) is 0 Å². The number of hydrogen-bond acceptors (Lipinski definition) is 6. The molecule has 26 heavy (non-hydrogen) atoms. The number of hydrogen-bond donors (Lipinski definition) is 0. The van der Waals surface area contributed by atoms with Gasteiger partial charge < -0.3 is 4.90 Å². The quantitative estimate of drug-likeness (QED) is 0.310. The van der Waals surface area contributed by atoms with Crippen molar-refractivity contribution in [1.82, 2.24) is 4.37 Å². The molecule has 0 radical (unpaired) electrons. The van der Waals surface area contributed by atoms with E-state index >= 15 is 0 Å². The number of azo groups is 1. The van der Waals surface area contributed by atoms with Crippen LogP contribution in [0.5, 0.6) is 0 Å².